The second-order valence-corrected chi connectivity index (χ2v) is 7.61. The summed E-state index contributed by atoms with van der Waals surface area (Å²) in [6.45, 7) is 3.58. The van der Waals surface area contributed by atoms with Crippen molar-refractivity contribution in [1.29, 1.82) is 0 Å². The zero-order chi connectivity index (χ0) is 18.3. The Morgan fingerprint density at radius 1 is 1.19 bits per heavy atom. The Balaban J connectivity index is 1.63. The van der Waals surface area contributed by atoms with E-state index in [1.54, 1.807) is 0 Å². The van der Waals surface area contributed by atoms with Crippen LogP contribution in [0.25, 0.3) is 0 Å². The fourth-order valence-electron chi connectivity index (χ4n) is 4.11. The van der Waals surface area contributed by atoms with E-state index in [0.717, 1.165) is 32.1 Å². The lowest BCUT2D eigenvalue weighted by atomic mass is 9.99. The number of amides is 2. The minimum atomic E-state index is -0.163. The average Bonchev–Trinajstić information content (AvgIpc) is 3.51. The number of aromatic nitrogens is 2. The number of piperidine rings is 1. The molecule has 140 valence electrons. The van der Waals surface area contributed by atoms with Crippen molar-refractivity contribution in [2.24, 2.45) is 5.92 Å². The second kappa shape index (κ2) is 6.85. The molecule has 7 heteroatoms. The lowest BCUT2D eigenvalue weighted by Gasteiger charge is -2.35. The summed E-state index contributed by atoms with van der Waals surface area (Å²) in [5, 5.41) is 0. The van der Waals surface area contributed by atoms with Gasteiger partial charge in [-0.2, -0.15) is 0 Å². The number of carbonyl (C=O) groups is 2. The predicted molar refractivity (Wildman–Crippen MR) is 95.3 cm³/mol. The first kappa shape index (κ1) is 17.2. The van der Waals surface area contributed by atoms with Gasteiger partial charge in [0.1, 0.15) is 5.82 Å². The number of nitrogens with zero attached hydrogens (tertiary/aromatic N) is 3. The molecule has 4 rings (SSSR count). The first-order valence-corrected chi connectivity index (χ1v) is 9.78. The summed E-state index contributed by atoms with van der Waals surface area (Å²) in [6, 6.07) is -0.163. The van der Waals surface area contributed by atoms with Gasteiger partial charge in [-0.15, -0.1) is 0 Å². The maximum Gasteiger partial charge on any atom is 0.254 e. The number of hydrogen-bond acceptors (Lipinski definition) is 4. The average molecular weight is 358 g/mol. The molecule has 1 aromatic rings. The molecule has 2 amide bonds. The minimum Gasteiger partial charge on any atom is -0.336 e. The van der Waals surface area contributed by atoms with E-state index in [9.17, 15) is 14.4 Å². The molecule has 1 atom stereocenters. The van der Waals surface area contributed by atoms with Gasteiger partial charge in [-0.25, -0.2) is 4.98 Å². The van der Waals surface area contributed by atoms with E-state index in [4.69, 9.17) is 4.98 Å². The van der Waals surface area contributed by atoms with Gasteiger partial charge in [-0.05, 0) is 38.5 Å². The molecule has 1 aliphatic carbocycles. The quantitative estimate of drug-likeness (QED) is 0.888. The van der Waals surface area contributed by atoms with Crippen LogP contribution in [-0.4, -0.2) is 44.7 Å². The van der Waals surface area contributed by atoms with Gasteiger partial charge >= 0.3 is 0 Å². The van der Waals surface area contributed by atoms with Crippen LogP contribution in [0.2, 0.25) is 0 Å². The summed E-state index contributed by atoms with van der Waals surface area (Å²) in [7, 11) is 0. The third-order valence-corrected chi connectivity index (χ3v) is 5.77. The molecule has 1 aromatic heterocycles. The van der Waals surface area contributed by atoms with E-state index in [1.165, 1.54) is 0 Å². The molecular weight excluding hydrogens is 332 g/mol. The van der Waals surface area contributed by atoms with Crippen molar-refractivity contribution in [2.45, 2.75) is 64.5 Å². The fourth-order valence-corrected chi connectivity index (χ4v) is 4.11. The molecule has 0 unspecified atom stereocenters. The molecule has 2 aliphatic heterocycles. The Morgan fingerprint density at radius 3 is 2.73 bits per heavy atom. The first-order valence-electron chi connectivity index (χ1n) is 9.78. The van der Waals surface area contributed by atoms with Gasteiger partial charge in [0.2, 0.25) is 11.8 Å². The highest BCUT2D eigenvalue weighted by Crippen LogP contribution is 2.33. The van der Waals surface area contributed by atoms with Crippen molar-refractivity contribution in [3.63, 3.8) is 0 Å². The Hall–Kier alpha value is -2.18. The third kappa shape index (κ3) is 3.15. The van der Waals surface area contributed by atoms with Gasteiger partial charge in [0, 0.05) is 31.0 Å². The van der Waals surface area contributed by atoms with Crippen LogP contribution < -0.4 is 5.56 Å². The molecule has 0 aromatic carbocycles. The smallest absolute Gasteiger partial charge is 0.254 e. The lowest BCUT2D eigenvalue weighted by Crippen LogP contribution is -2.42. The van der Waals surface area contributed by atoms with Gasteiger partial charge in [0.25, 0.3) is 5.56 Å². The highest BCUT2D eigenvalue weighted by Gasteiger charge is 2.36. The van der Waals surface area contributed by atoms with Crippen LogP contribution in [0.15, 0.2) is 4.79 Å². The lowest BCUT2D eigenvalue weighted by molar-refractivity contribution is -0.135. The first-order chi connectivity index (χ1) is 12.6. The summed E-state index contributed by atoms with van der Waals surface area (Å²) in [5.41, 5.74) is 1.29. The molecular formula is C19H26N4O3. The molecule has 2 fully saturated rings. The molecule has 0 radical (unpaired) electrons. The van der Waals surface area contributed by atoms with E-state index in [-0.39, 0.29) is 29.3 Å². The number of aromatic amines is 1. The van der Waals surface area contributed by atoms with Crippen LogP contribution in [0.4, 0.5) is 0 Å². The number of rotatable bonds is 3. The molecule has 1 N–H and O–H groups in total. The normalized spacial score (nSPS) is 22.9. The molecule has 1 saturated carbocycles. The second-order valence-electron chi connectivity index (χ2n) is 7.61. The monoisotopic (exact) mass is 358 g/mol. The Kier molecular flexibility index (Phi) is 4.54. The molecule has 3 heterocycles. The van der Waals surface area contributed by atoms with Crippen molar-refractivity contribution in [3.8, 4) is 0 Å². The zero-order valence-electron chi connectivity index (χ0n) is 15.3. The van der Waals surface area contributed by atoms with Crippen LogP contribution in [0.1, 0.15) is 68.6 Å². The minimum absolute atomic E-state index is 0.0978. The summed E-state index contributed by atoms with van der Waals surface area (Å²) in [4.78, 5) is 48.6. The fraction of sp³-hybridized carbons (Fsp3) is 0.684. The third-order valence-electron chi connectivity index (χ3n) is 5.77. The van der Waals surface area contributed by atoms with E-state index in [0.29, 0.717) is 49.6 Å². The molecule has 0 spiro atoms. The van der Waals surface area contributed by atoms with Crippen molar-refractivity contribution >= 4 is 11.8 Å². The molecule has 1 saturated heterocycles. The Morgan fingerprint density at radius 2 is 2.00 bits per heavy atom. The Bertz CT molecular complexity index is 783. The number of fused-ring (bicyclic) bond motifs is 1. The number of carbonyl (C=O) groups excluding carboxylic acids is 2. The van der Waals surface area contributed by atoms with Gasteiger partial charge in [-0.1, -0.05) is 6.92 Å². The van der Waals surface area contributed by atoms with Crippen molar-refractivity contribution in [3.05, 3.63) is 27.4 Å². The maximum absolute atomic E-state index is 12.6. The van der Waals surface area contributed by atoms with E-state index < -0.39 is 0 Å². The van der Waals surface area contributed by atoms with Crippen LogP contribution in [0.3, 0.4) is 0 Å². The van der Waals surface area contributed by atoms with Crippen LogP contribution >= 0.6 is 0 Å². The summed E-state index contributed by atoms with van der Waals surface area (Å²) < 4.78 is 0. The van der Waals surface area contributed by atoms with E-state index in [2.05, 4.69) is 4.98 Å². The van der Waals surface area contributed by atoms with Gasteiger partial charge in [-0.3, -0.25) is 14.4 Å². The van der Waals surface area contributed by atoms with Gasteiger partial charge in [0.05, 0.1) is 18.3 Å². The van der Waals surface area contributed by atoms with E-state index in [1.807, 2.05) is 16.7 Å². The zero-order valence-corrected chi connectivity index (χ0v) is 15.3. The SMILES string of the molecule is CCC(=O)N1CCCC[C@@H]1c1nc2c(c(=O)[nH]1)CCN(C(=O)C1CC1)C2. The highest BCUT2D eigenvalue weighted by atomic mass is 16.2. The van der Waals surface area contributed by atoms with Crippen molar-refractivity contribution < 1.29 is 9.59 Å². The number of hydrogen-bond donors (Lipinski definition) is 1. The largest absolute Gasteiger partial charge is 0.336 e. The molecule has 0 bridgehead atoms. The number of H-pyrrole nitrogens is 1. The van der Waals surface area contributed by atoms with Crippen molar-refractivity contribution in [1.82, 2.24) is 19.8 Å². The molecule has 3 aliphatic rings. The van der Waals surface area contributed by atoms with Gasteiger partial charge in [0.15, 0.2) is 0 Å². The molecule has 26 heavy (non-hydrogen) atoms. The highest BCUT2D eigenvalue weighted by molar-refractivity contribution is 5.81. The summed E-state index contributed by atoms with van der Waals surface area (Å²) in [6.07, 6.45) is 5.79. The predicted octanol–water partition coefficient (Wildman–Crippen LogP) is 1.53. The summed E-state index contributed by atoms with van der Waals surface area (Å²) in [5.74, 6) is 1.05. The van der Waals surface area contributed by atoms with Gasteiger partial charge < -0.3 is 14.8 Å². The van der Waals surface area contributed by atoms with Crippen LogP contribution in [0.5, 0.6) is 0 Å². The maximum atomic E-state index is 12.6. The van der Waals surface area contributed by atoms with E-state index >= 15 is 0 Å². The Labute approximate surface area is 152 Å². The van der Waals surface area contributed by atoms with Crippen LogP contribution in [-0.2, 0) is 22.6 Å². The standard InChI is InChI=1S/C19H26N4O3/c1-2-16(24)23-9-4-3-5-15(23)17-20-14-11-22(19(26)12-6-7-12)10-8-13(14)18(25)21-17/h12,15H,2-11H2,1H3,(H,20,21,25)/t15-/m1/s1. The van der Waals surface area contributed by atoms with Crippen molar-refractivity contribution in [2.75, 3.05) is 13.1 Å². The van der Waals surface area contributed by atoms with Crippen LogP contribution in [0, 0.1) is 5.92 Å². The number of nitrogens with one attached hydrogen (secondary N) is 1. The summed E-state index contributed by atoms with van der Waals surface area (Å²) >= 11 is 0. The molecule has 7 nitrogen and oxygen atoms in total. The number of likely N-dealkylation sites (tertiary alicyclic amines) is 1. The topological polar surface area (TPSA) is 86.4 Å².